The third-order valence-corrected chi connectivity index (χ3v) is 10.1. The Morgan fingerprint density at radius 2 is 1.80 bits per heavy atom. The first-order valence-corrected chi connectivity index (χ1v) is 16.7. The predicted molar refractivity (Wildman–Crippen MR) is 178 cm³/mol. The Morgan fingerprint density at radius 1 is 1.04 bits per heavy atom. The van der Waals surface area contributed by atoms with Crippen molar-refractivity contribution in [2.24, 2.45) is 0 Å². The zero-order valence-electron chi connectivity index (χ0n) is 26.4. The van der Waals surface area contributed by atoms with Gasteiger partial charge in [0.1, 0.15) is 22.9 Å². The van der Waals surface area contributed by atoms with Crippen LogP contribution in [0.15, 0.2) is 36.4 Å². The van der Waals surface area contributed by atoms with E-state index in [9.17, 15) is 5.11 Å². The number of terminal acetylenes is 1. The molecular formula is C37H41F2N5O2. The molecule has 3 fully saturated rings. The molecule has 7 rings (SSSR count). The maximum atomic E-state index is 16.8. The number of anilines is 1. The van der Waals surface area contributed by atoms with Crippen LogP contribution < -0.4 is 15.0 Å². The van der Waals surface area contributed by atoms with Crippen LogP contribution in [0.5, 0.6) is 11.8 Å². The molecule has 0 radical (unpaired) electrons. The Labute approximate surface area is 269 Å². The zero-order valence-corrected chi connectivity index (χ0v) is 26.4. The summed E-state index contributed by atoms with van der Waals surface area (Å²) in [5, 5.41) is 15.5. The number of hydrogen-bond donors (Lipinski definition) is 2. The lowest BCUT2D eigenvalue weighted by Crippen LogP contribution is -2.51. The van der Waals surface area contributed by atoms with Crippen molar-refractivity contribution < 1.29 is 18.6 Å². The Morgan fingerprint density at radius 3 is 2.54 bits per heavy atom. The molecule has 2 N–H and O–H groups in total. The fourth-order valence-electron chi connectivity index (χ4n) is 7.77. The second kappa shape index (κ2) is 13.0. The van der Waals surface area contributed by atoms with Crippen LogP contribution in [0.2, 0.25) is 0 Å². The number of ether oxygens (including phenoxy) is 1. The summed E-state index contributed by atoms with van der Waals surface area (Å²) >= 11 is 0. The highest BCUT2D eigenvalue weighted by atomic mass is 19.1. The van der Waals surface area contributed by atoms with Crippen LogP contribution in [-0.2, 0) is 0 Å². The van der Waals surface area contributed by atoms with E-state index in [-0.39, 0.29) is 28.4 Å². The van der Waals surface area contributed by atoms with Crippen LogP contribution in [0.25, 0.3) is 32.8 Å². The minimum Gasteiger partial charge on any atom is -0.508 e. The number of aromatic nitrogens is 2. The van der Waals surface area contributed by atoms with Gasteiger partial charge in [-0.2, -0.15) is 9.97 Å². The molecule has 240 valence electrons. The van der Waals surface area contributed by atoms with Gasteiger partial charge >= 0.3 is 6.01 Å². The van der Waals surface area contributed by atoms with E-state index in [0.29, 0.717) is 65.4 Å². The molecule has 4 aromatic rings. The van der Waals surface area contributed by atoms with Crippen molar-refractivity contribution in [1.29, 1.82) is 0 Å². The predicted octanol–water partition coefficient (Wildman–Crippen LogP) is 6.78. The smallest absolute Gasteiger partial charge is 0.319 e. The van der Waals surface area contributed by atoms with Gasteiger partial charge in [0.05, 0.1) is 12.2 Å². The summed E-state index contributed by atoms with van der Waals surface area (Å²) in [5.74, 6) is 1.37. The SMILES string of the molecule is C#Cc1cccc2cc(O)cc(-c3c(F)cc4c(N5CC6CCC(C5)N6)nc(OCCCN(C)C5CCCCCC5)nc4c3F)c12. The number of phenols is 1. The van der Waals surface area contributed by atoms with Gasteiger partial charge in [0.2, 0.25) is 0 Å². The first kappa shape index (κ1) is 30.6. The zero-order chi connectivity index (χ0) is 31.8. The molecule has 0 spiro atoms. The van der Waals surface area contributed by atoms with Gasteiger partial charge in [0.25, 0.3) is 0 Å². The van der Waals surface area contributed by atoms with Crippen molar-refractivity contribution in [2.45, 2.75) is 75.9 Å². The summed E-state index contributed by atoms with van der Waals surface area (Å²) in [5.41, 5.74) is 0.332. The van der Waals surface area contributed by atoms with Crippen molar-refractivity contribution in [3.05, 3.63) is 53.6 Å². The number of nitrogens with zero attached hydrogens (tertiary/aromatic N) is 4. The summed E-state index contributed by atoms with van der Waals surface area (Å²) in [7, 11) is 2.18. The number of hydrogen-bond acceptors (Lipinski definition) is 7. The topological polar surface area (TPSA) is 73.8 Å². The number of benzene rings is 3. The molecule has 3 aromatic carbocycles. The van der Waals surface area contributed by atoms with E-state index in [1.54, 1.807) is 18.2 Å². The van der Waals surface area contributed by atoms with Gasteiger partial charge < -0.3 is 25.0 Å². The third kappa shape index (κ3) is 5.96. The van der Waals surface area contributed by atoms with E-state index in [4.69, 9.17) is 16.1 Å². The van der Waals surface area contributed by atoms with E-state index in [0.717, 1.165) is 25.8 Å². The van der Waals surface area contributed by atoms with Gasteiger partial charge in [0, 0.05) is 59.7 Å². The number of nitrogens with one attached hydrogen (secondary N) is 1. The van der Waals surface area contributed by atoms with Crippen LogP contribution in [0, 0.1) is 24.0 Å². The van der Waals surface area contributed by atoms with E-state index >= 15 is 8.78 Å². The number of aromatic hydroxyl groups is 1. The molecule has 2 saturated heterocycles. The normalized spacial score (nSPS) is 20.4. The van der Waals surface area contributed by atoms with Gasteiger partial charge in [-0.1, -0.05) is 43.7 Å². The molecule has 3 heterocycles. The molecule has 3 aliphatic rings. The summed E-state index contributed by atoms with van der Waals surface area (Å²) in [4.78, 5) is 13.8. The largest absolute Gasteiger partial charge is 0.508 e. The van der Waals surface area contributed by atoms with Crippen LogP contribution in [0.4, 0.5) is 14.6 Å². The summed E-state index contributed by atoms with van der Waals surface area (Å²) in [6.45, 7) is 2.63. The van der Waals surface area contributed by atoms with E-state index in [2.05, 4.69) is 33.1 Å². The number of piperazine rings is 1. The highest BCUT2D eigenvalue weighted by Crippen LogP contribution is 2.41. The molecule has 1 saturated carbocycles. The van der Waals surface area contributed by atoms with E-state index in [1.807, 2.05) is 0 Å². The summed E-state index contributed by atoms with van der Waals surface area (Å²) < 4.78 is 39.1. The molecule has 2 bridgehead atoms. The molecule has 9 heteroatoms. The second-order valence-electron chi connectivity index (χ2n) is 13.2. The average Bonchev–Trinajstić information content (AvgIpc) is 3.22. The number of halogens is 2. The quantitative estimate of drug-likeness (QED) is 0.127. The molecule has 46 heavy (non-hydrogen) atoms. The van der Waals surface area contributed by atoms with Gasteiger partial charge in [-0.25, -0.2) is 8.78 Å². The molecule has 2 unspecified atom stereocenters. The molecule has 1 aliphatic carbocycles. The molecule has 1 aromatic heterocycles. The maximum Gasteiger partial charge on any atom is 0.319 e. The van der Waals surface area contributed by atoms with E-state index in [1.165, 1.54) is 56.7 Å². The third-order valence-electron chi connectivity index (χ3n) is 10.1. The molecule has 2 atom stereocenters. The van der Waals surface area contributed by atoms with Gasteiger partial charge in [0.15, 0.2) is 5.82 Å². The van der Waals surface area contributed by atoms with Crippen LogP contribution in [0.3, 0.4) is 0 Å². The lowest BCUT2D eigenvalue weighted by atomic mass is 9.93. The molecule has 7 nitrogen and oxygen atoms in total. The van der Waals surface area contributed by atoms with Crippen molar-refractivity contribution in [1.82, 2.24) is 20.2 Å². The van der Waals surface area contributed by atoms with Crippen molar-refractivity contribution in [3.63, 3.8) is 0 Å². The van der Waals surface area contributed by atoms with Crippen molar-refractivity contribution in [3.8, 4) is 35.2 Å². The Balaban J connectivity index is 1.26. The van der Waals surface area contributed by atoms with Crippen molar-refractivity contribution >= 4 is 27.5 Å². The first-order chi connectivity index (χ1) is 22.4. The van der Waals surface area contributed by atoms with E-state index < -0.39 is 11.6 Å². The highest BCUT2D eigenvalue weighted by Gasteiger charge is 2.34. The van der Waals surface area contributed by atoms with Crippen molar-refractivity contribution in [2.75, 3.05) is 38.2 Å². The monoisotopic (exact) mass is 625 g/mol. The molecular weight excluding hydrogens is 584 g/mol. The minimum absolute atomic E-state index is 0.0208. The highest BCUT2D eigenvalue weighted by molar-refractivity contribution is 6.04. The summed E-state index contributed by atoms with van der Waals surface area (Å²) in [6, 6.07) is 10.7. The van der Waals surface area contributed by atoms with Crippen LogP contribution in [0.1, 0.15) is 63.4 Å². The summed E-state index contributed by atoms with van der Waals surface area (Å²) in [6.07, 6.45) is 16.3. The lowest BCUT2D eigenvalue weighted by Gasteiger charge is -2.34. The van der Waals surface area contributed by atoms with Gasteiger partial charge in [-0.15, -0.1) is 6.42 Å². The Kier molecular flexibility index (Phi) is 8.67. The van der Waals surface area contributed by atoms with Crippen LogP contribution >= 0.6 is 0 Å². The molecule has 2 aliphatic heterocycles. The number of rotatable bonds is 8. The fraction of sp³-hybridized carbons (Fsp3) is 0.459. The fourth-order valence-corrected chi connectivity index (χ4v) is 7.77. The average molecular weight is 626 g/mol. The van der Waals surface area contributed by atoms with Gasteiger partial charge in [-0.3, -0.25) is 0 Å². The maximum absolute atomic E-state index is 16.8. The lowest BCUT2D eigenvalue weighted by molar-refractivity contribution is 0.195. The molecule has 0 amide bonds. The number of fused-ring (bicyclic) bond motifs is 4. The van der Waals surface area contributed by atoms with Gasteiger partial charge in [-0.05, 0) is 68.8 Å². The Bertz CT molecular complexity index is 1790. The second-order valence-corrected chi connectivity index (χ2v) is 13.2. The Hall–Kier alpha value is -4.00. The van der Waals surface area contributed by atoms with Crippen LogP contribution in [-0.4, -0.2) is 71.4 Å². The first-order valence-electron chi connectivity index (χ1n) is 16.7. The standard InChI is InChI=1S/C37H41F2N5O2/c1-3-23-10-8-11-24-18-28(45)19-29(32(23)24)33-31(38)20-30-35(34(33)39)41-37(42-36(30)44-21-25-14-15-26(22-44)40-25)46-17-9-16-43(2)27-12-6-4-5-7-13-27/h1,8,10-11,18-20,25-27,40,45H,4-7,9,12-17,21-22H2,2H3. The minimum atomic E-state index is -0.839. The number of phenolic OH excluding ortho intramolecular Hbond substituents is 1.